The normalized spacial score (nSPS) is 15.8. The van der Waals surface area contributed by atoms with Crippen molar-refractivity contribution in [2.24, 2.45) is 0 Å². The Hall–Kier alpha value is -1.89. The molecule has 3 aromatic rings. The zero-order valence-corrected chi connectivity index (χ0v) is 14.6. The highest BCUT2D eigenvalue weighted by Gasteiger charge is 2.20. The lowest BCUT2D eigenvalue weighted by Crippen LogP contribution is -2.46. The quantitative estimate of drug-likeness (QED) is 0.708. The summed E-state index contributed by atoms with van der Waals surface area (Å²) in [5.74, 6) is 1.35. The first-order valence-corrected chi connectivity index (χ1v) is 9.13. The zero-order chi connectivity index (χ0) is 16.4. The second kappa shape index (κ2) is 6.93. The Labute approximate surface area is 149 Å². The maximum Gasteiger partial charge on any atom is 0.241 e. The van der Waals surface area contributed by atoms with Gasteiger partial charge in [-0.2, -0.15) is 4.98 Å². The lowest BCUT2D eigenvalue weighted by molar-refractivity contribution is 0.215. The van der Waals surface area contributed by atoms with Crippen LogP contribution in [0.25, 0.3) is 10.7 Å². The van der Waals surface area contributed by atoms with Gasteiger partial charge >= 0.3 is 0 Å². The van der Waals surface area contributed by atoms with E-state index in [0.717, 1.165) is 41.8 Å². The third-order valence-electron chi connectivity index (χ3n) is 4.13. The van der Waals surface area contributed by atoms with E-state index in [-0.39, 0.29) is 0 Å². The Balaban J connectivity index is 1.36. The smallest absolute Gasteiger partial charge is 0.241 e. The molecule has 7 heteroatoms. The van der Waals surface area contributed by atoms with Crippen LogP contribution in [0.5, 0.6) is 0 Å². The third kappa shape index (κ3) is 3.31. The summed E-state index contributed by atoms with van der Waals surface area (Å²) in [5.41, 5.74) is 1.11. The monoisotopic (exact) mass is 360 g/mol. The van der Waals surface area contributed by atoms with Crippen LogP contribution in [0.1, 0.15) is 5.89 Å². The molecule has 124 valence electrons. The maximum absolute atomic E-state index is 6.29. The van der Waals surface area contributed by atoms with E-state index in [4.69, 9.17) is 16.1 Å². The van der Waals surface area contributed by atoms with E-state index in [2.05, 4.69) is 26.0 Å². The van der Waals surface area contributed by atoms with Gasteiger partial charge in [0.25, 0.3) is 0 Å². The van der Waals surface area contributed by atoms with Crippen LogP contribution in [-0.4, -0.2) is 41.2 Å². The molecule has 4 rings (SSSR count). The number of anilines is 1. The van der Waals surface area contributed by atoms with Gasteiger partial charge in [-0.05, 0) is 23.6 Å². The fourth-order valence-electron chi connectivity index (χ4n) is 2.87. The fourth-order valence-corrected chi connectivity index (χ4v) is 3.78. The van der Waals surface area contributed by atoms with E-state index >= 15 is 0 Å². The minimum atomic E-state index is 0.671. The van der Waals surface area contributed by atoms with Gasteiger partial charge in [-0.3, -0.25) is 4.90 Å². The molecule has 0 saturated carbocycles. The van der Waals surface area contributed by atoms with Crippen molar-refractivity contribution in [3.63, 3.8) is 0 Å². The predicted molar refractivity (Wildman–Crippen MR) is 96.6 cm³/mol. The third-order valence-corrected chi connectivity index (χ3v) is 5.32. The van der Waals surface area contributed by atoms with Gasteiger partial charge in [0.1, 0.15) is 0 Å². The van der Waals surface area contributed by atoms with Gasteiger partial charge in [0.05, 0.1) is 22.1 Å². The molecule has 0 spiro atoms. The second-order valence-corrected chi connectivity index (χ2v) is 7.06. The predicted octanol–water partition coefficient (Wildman–Crippen LogP) is 3.77. The van der Waals surface area contributed by atoms with Crippen LogP contribution >= 0.6 is 22.9 Å². The SMILES string of the molecule is Clc1ccccc1N1CCN(Cc2nc(-c3cccs3)no2)CC1. The Morgan fingerprint density at radius 1 is 1.08 bits per heavy atom. The van der Waals surface area contributed by atoms with Gasteiger partial charge < -0.3 is 9.42 Å². The molecule has 2 aromatic heterocycles. The molecule has 5 nitrogen and oxygen atoms in total. The van der Waals surface area contributed by atoms with E-state index in [1.165, 1.54) is 0 Å². The minimum absolute atomic E-state index is 0.671. The molecule has 24 heavy (non-hydrogen) atoms. The van der Waals surface area contributed by atoms with E-state index in [1.54, 1.807) is 11.3 Å². The van der Waals surface area contributed by atoms with Crippen molar-refractivity contribution in [1.29, 1.82) is 0 Å². The topological polar surface area (TPSA) is 45.4 Å². The van der Waals surface area contributed by atoms with Crippen LogP contribution in [0.2, 0.25) is 5.02 Å². The van der Waals surface area contributed by atoms with Crippen LogP contribution in [0.4, 0.5) is 5.69 Å². The Bertz CT molecular complexity index is 797. The number of hydrogen-bond acceptors (Lipinski definition) is 6. The van der Waals surface area contributed by atoms with Gasteiger partial charge in [0.2, 0.25) is 11.7 Å². The molecule has 0 atom stereocenters. The van der Waals surface area contributed by atoms with Gasteiger partial charge in [-0.1, -0.05) is 35.0 Å². The molecule has 0 bridgehead atoms. The van der Waals surface area contributed by atoms with Crippen LogP contribution in [0, 0.1) is 0 Å². The van der Waals surface area contributed by atoms with E-state index in [1.807, 2.05) is 35.7 Å². The lowest BCUT2D eigenvalue weighted by atomic mass is 10.2. The first-order chi connectivity index (χ1) is 11.8. The molecule has 1 saturated heterocycles. The molecular weight excluding hydrogens is 344 g/mol. The maximum atomic E-state index is 6.29. The van der Waals surface area contributed by atoms with Gasteiger partial charge in [-0.15, -0.1) is 11.3 Å². The molecule has 0 amide bonds. The van der Waals surface area contributed by atoms with Crippen molar-refractivity contribution >= 4 is 28.6 Å². The van der Waals surface area contributed by atoms with Crippen LogP contribution in [0.15, 0.2) is 46.3 Å². The first kappa shape index (κ1) is 15.6. The standard InChI is InChI=1S/C17H17ClN4OS/c18-13-4-1-2-5-14(13)22-9-7-21(8-10-22)12-16-19-17(20-23-16)15-6-3-11-24-15/h1-6,11H,7-10,12H2. The van der Waals surface area contributed by atoms with E-state index in [0.29, 0.717) is 18.3 Å². The van der Waals surface area contributed by atoms with Crippen LogP contribution < -0.4 is 4.90 Å². The number of nitrogens with zero attached hydrogens (tertiary/aromatic N) is 4. The first-order valence-electron chi connectivity index (χ1n) is 7.88. The molecule has 0 radical (unpaired) electrons. The van der Waals surface area contributed by atoms with Crippen molar-refractivity contribution in [3.05, 3.63) is 52.7 Å². The van der Waals surface area contributed by atoms with Crippen LogP contribution in [-0.2, 0) is 6.54 Å². The number of rotatable bonds is 4. The number of benzene rings is 1. The molecule has 1 aromatic carbocycles. The molecule has 1 fully saturated rings. The largest absolute Gasteiger partial charge is 0.368 e. The van der Waals surface area contributed by atoms with Crippen molar-refractivity contribution in [2.45, 2.75) is 6.54 Å². The summed E-state index contributed by atoms with van der Waals surface area (Å²) in [6.07, 6.45) is 0. The van der Waals surface area contributed by atoms with Crippen molar-refractivity contribution < 1.29 is 4.52 Å². The minimum Gasteiger partial charge on any atom is -0.368 e. The summed E-state index contributed by atoms with van der Waals surface area (Å²) >= 11 is 7.90. The number of para-hydroxylation sites is 1. The number of thiophene rings is 1. The molecule has 0 unspecified atom stereocenters. The van der Waals surface area contributed by atoms with E-state index in [9.17, 15) is 0 Å². The van der Waals surface area contributed by atoms with Crippen molar-refractivity contribution in [1.82, 2.24) is 15.0 Å². The summed E-state index contributed by atoms with van der Waals surface area (Å²) in [7, 11) is 0. The highest BCUT2D eigenvalue weighted by Crippen LogP contribution is 2.26. The van der Waals surface area contributed by atoms with Crippen molar-refractivity contribution in [3.8, 4) is 10.7 Å². The molecular formula is C17H17ClN4OS. The number of hydrogen-bond donors (Lipinski definition) is 0. The van der Waals surface area contributed by atoms with E-state index < -0.39 is 0 Å². The summed E-state index contributed by atoms with van der Waals surface area (Å²) < 4.78 is 5.39. The fraction of sp³-hybridized carbons (Fsp3) is 0.294. The number of piperazine rings is 1. The van der Waals surface area contributed by atoms with Gasteiger partial charge in [0, 0.05) is 26.2 Å². The summed E-state index contributed by atoms with van der Waals surface area (Å²) in [5, 5.41) is 6.89. The van der Waals surface area contributed by atoms with Crippen molar-refractivity contribution in [2.75, 3.05) is 31.1 Å². The zero-order valence-electron chi connectivity index (χ0n) is 13.1. The summed E-state index contributed by atoms with van der Waals surface area (Å²) in [4.78, 5) is 10.2. The molecule has 3 heterocycles. The molecule has 0 N–H and O–H groups in total. The Kier molecular flexibility index (Phi) is 4.51. The summed E-state index contributed by atoms with van der Waals surface area (Å²) in [6.45, 7) is 4.46. The number of aromatic nitrogens is 2. The van der Waals surface area contributed by atoms with Gasteiger partial charge in [0.15, 0.2) is 0 Å². The molecule has 1 aliphatic rings. The lowest BCUT2D eigenvalue weighted by Gasteiger charge is -2.35. The number of halogens is 1. The second-order valence-electron chi connectivity index (χ2n) is 5.70. The average Bonchev–Trinajstić information content (AvgIpc) is 3.27. The Morgan fingerprint density at radius 2 is 1.92 bits per heavy atom. The summed E-state index contributed by atoms with van der Waals surface area (Å²) in [6, 6.07) is 12.0. The highest BCUT2D eigenvalue weighted by atomic mass is 35.5. The molecule has 0 aliphatic carbocycles. The highest BCUT2D eigenvalue weighted by molar-refractivity contribution is 7.13. The van der Waals surface area contributed by atoms with Crippen LogP contribution in [0.3, 0.4) is 0 Å². The van der Waals surface area contributed by atoms with Gasteiger partial charge in [-0.25, -0.2) is 0 Å². The Morgan fingerprint density at radius 3 is 2.67 bits per heavy atom. The average molecular weight is 361 g/mol. The molecule has 1 aliphatic heterocycles.